The van der Waals surface area contributed by atoms with Crippen molar-refractivity contribution in [3.63, 3.8) is 0 Å². The molecular formula is C14H19N. The molecule has 1 heteroatoms. The van der Waals surface area contributed by atoms with Gasteiger partial charge < -0.3 is 5.32 Å². The summed E-state index contributed by atoms with van der Waals surface area (Å²) >= 11 is 0. The standard InChI is InChI=1S/C14H19N/c1-10-13(11-5-3-2-4-6-11)9-12-7-8-14(10)15-12/h2-6,10,12-15H,7-9H2,1H3/t10?,12-,13+,14?/m1/s1. The summed E-state index contributed by atoms with van der Waals surface area (Å²) in [5.74, 6) is 1.58. The minimum absolute atomic E-state index is 0.772. The topological polar surface area (TPSA) is 12.0 Å². The minimum Gasteiger partial charge on any atom is -0.311 e. The van der Waals surface area contributed by atoms with Crippen molar-refractivity contribution in [3.05, 3.63) is 35.9 Å². The van der Waals surface area contributed by atoms with Crippen LogP contribution in [0.2, 0.25) is 0 Å². The first-order valence-corrected chi connectivity index (χ1v) is 6.15. The highest BCUT2D eigenvalue weighted by Crippen LogP contribution is 2.41. The van der Waals surface area contributed by atoms with Crippen LogP contribution in [0.5, 0.6) is 0 Å². The molecule has 1 aromatic rings. The Morgan fingerprint density at radius 1 is 1.13 bits per heavy atom. The summed E-state index contributed by atoms with van der Waals surface area (Å²) in [4.78, 5) is 0. The molecule has 15 heavy (non-hydrogen) atoms. The molecule has 1 nitrogen and oxygen atoms in total. The van der Waals surface area contributed by atoms with Crippen LogP contribution in [0.3, 0.4) is 0 Å². The van der Waals surface area contributed by atoms with E-state index in [0.717, 1.165) is 23.9 Å². The molecule has 2 bridgehead atoms. The second-order valence-corrected chi connectivity index (χ2v) is 5.16. The maximum atomic E-state index is 3.74. The zero-order valence-electron chi connectivity index (χ0n) is 9.32. The third-order valence-electron chi connectivity index (χ3n) is 4.31. The van der Waals surface area contributed by atoms with E-state index in [1.807, 2.05) is 0 Å². The smallest absolute Gasteiger partial charge is 0.0102 e. The molecular weight excluding hydrogens is 182 g/mol. The lowest BCUT2D eigenvalue weighted by Crippen LogP contribution is -2.43. The largest absolute Gasteiger partial charge is 0.311 e. The summed E-state index contributed by atoms with van der Waals surface area (Å²) in [7, 11) is 0. The molecule has 0 aromatic heterocycles. The summed E-state index contributed by atoms with van der Waals surface area (Å²) in [6.07, 6.45) is 4.11. The van der Waals surface area contributed by atoms with E-state index >= 15 is 0 Å². The van der Waals surface area contributed by atoms with Gasteiger partial charge in [-0.1, -0.05) is 37.3 Å². The Labute approximate surface area is 91.9 Å². The molecule has 1 aromatic carbocycles. The van der Waals surface area contributed by atoms with Gasteiger partial charge in [-0.2, -0.15) is 0 Å². The third kappa shape index (κ3) is 1.59. The van der Waals surface area contributed by atoms with Gasteiger partial charge in [0.25, 0.3) is 0 Å². The maximum absolute atomic E-state index is 3.74. The number of nitrogens with one attached hydrogen (secondary N) is 1. The van der Waals surface area contributed by atoms with Gasteiger partial charge in [0.1, 0.15) is 0 Å². The molecule has 1 N–H and O–H groups in total. The molecule has 0 saturated carbocycles. The van der Waals surface area contributed by atoms with Gasteiger partial charge in [-0.05, 0) is 36.7 Å². The van der Waals surface area contributed by atoms with Crippen molar-refractivity contribution in [1.82, 2.24) is 5.32 Å². The predicted octanol–water partition coefficient (Wildman–Crippen LogP) is 2.93. The zero-order valence-corrected chi connectivity index (χ0v) is 9.32. The van der Waals surface area contributed by atoms with Crippen LogP contribution in [0.15, 0.2) is 30.3 Å². The Hall–Kier alpha value is -0.820. The second-order valence-electron chi connectivity index (χ2n) is 5.16. The first-order valence-electron chi connectivity index (χ1n) is 6.15. The maximum Gasteiger partial charge on any atom is 0.0102 e. The van der Waals surface area contributed by atoms with Crippen molar-refractivity contribution >= 4 is 0 Å². The number of rotatable bonds is 1. The Morgan fingerprint density at radius 3 is 2.73 bits per heavy atom. The van der Waals surface area contributed by atoms with E-state index in [0.29, 0.717) is 0 Å². The predicted molar refractivity (Wildman–Crippen MR) is 62.9 cm³/mol. The summed E-state index contributed by atoms with van der Waals surface area (Å²) in [5.41, 5.74) is 1.54. The molecule has 80 valence electrons. The van der Waals surface area contributed by atoms with Gasteiger partial charge in [0, 0.05) is 12.1 Å². The first-order chi connectivity index (χ1) is 7.34. The van der Waals surface area contributed by atoms with Gasteiger partial charge >= 0.3 is 0 Å². The lowest BCUT2D eigenvalue weighted by molar-refractivity contribution is 0.269. The monoisotopic (exact) mass is 201 g/mol. The van der Waals surface area contributed by atoms with E-state index in [-0.39, 0.29) is 0 Å². The Kier molecular flexibility index (Phi) is 2.28. The minimum atomic E-state index is 0.772. The van der Waals surface area contributed by atoms with Gasteiger partial charge in [-0.15, -0.1) is 0 Å². The zero-order chi connectivity index (χ0) is 10.3. The molecule has 2 unspecified atom stereocenters. The lowest BCUT2D eigenvalue weighted by atomic mass is 9.78. The molecule has 0 amide bonds. The number of fused-ring (bicyclic) bond motifs is 2. The van der Waals surface area contributed by atoms with Crippen molar-refractivity contribution in [1.29, 1.82) is 0 Å². The lowest BCUT2D eigenvalue weighted by Gasteiger charge is -2.35. The van der Waals surface area contributed by atoms with E-state index in [4.69, 9.17) is 0 Å². The van der Waals surface area contributed by atoms with Crippen LogP contribution in [0.25, 0.3) is 0 Å². The number of piperidine rings is 1. The molecule has 0 aliphatic carbocycles. The van der Waals surface area contributed by atoms with E-state index in [1.54, 1.807) is 5.56 Å². The number of hydrogen-bond acceptors (Lipinski definition) is 1. The van der Waals surface area contributed by atoms with Crippen molar-refractivity contribution < 1.29 is 0 Å². The van der Waals surface area contributed by atoms with Gasteiger partial charge in [0.2, 0.25) is 0 Å². The average Bonchev–Trinajstić information content (AvgIpc) is 2.69. The molecule has 2 aliphatic rings. The van der Waals surface area contributed by atoms with Crippen LogP contribution in [-0.2, 0) is 0 Å². The molecule has 2 saturated heterocycles. The summed E-state index contributed by atoms with van der Waals surface area (Å²) in [6, 6.07) is 12.6. The summed E-state index contributed by atoms with van der Waals surface area (Å²) < 4.78 is 0. The fraction of sp³-hybridized carbons (Fsp3) is 0.571. The van der Waals surface area contributed by atoms with Crippen LogP contribution >= 0.6 is 0 Å². The summed E-state index contributed by atoms with van der Waals surface area (Å²) in [5, 5.41) is 3.74. The van der Waals surface area contributed by atoms with Crippen LogP contribution < -0.4 is 5.32 Å². The number of benzene rings is 1. The van der Waals surface area contributed by atoms with Gasteiger partial charge in [-0.3, -0.25) is 0 Å². The van der Waals surface area contributed by atoms with Crippen molar-refractivity contribution in [2.24, 2.45) is 5.92 Å². The molecule has 2 fully saturated rings. The van der Waals surface area contributed by atoms with Crippen molar-refractivity contribution in [3.8, 4) is 0 Å². The van der Waals surface area contributed by atoms with Gasteiger partial charge in [0.15, 0.2) is 0 Å². The average molecular weight is 201 g/mol. The molecule has 0 radical (unpaired) electrons. The van der Waals surface area contributed by atoms with E-state index < -0.39 is 0 Å². The van der Waals surface area contributed by atoms with Gasteiger partial charge in [-0.25, -0.2) is 0 Å². The highest BCUT2D eigenvalue weighted by Gasteiger charge is 2.39. The quantitative estimate of drug-likeness (QED) is 0.736. The number of hydrogen-bond donors (Lipinski definition) is 1. The first kappa shape index (κ1) is 9.41. The SMILES string of the molecule is CC1C2CC[C@H](C[C@@H]1c1ccccc1)N2. The van der Waals surface area contributed by atoms with Crippen LogP contribution in [0.4, 0.5) is 0 Å². The Balaban J connectivity index is 1.87. The highest BCUT2D eigenvalue weighted by atomic mass is 15.0. The van der Waals surface area contributed by atoms with Crippen LogP contribution in [0.1, 0.15) is 37.7 Å². The van der Waals surface area contributed by atoms with Crippen molar-refractivity contribution in [2.45, 2.75) is 44.2 Å². The molecule has 4 atom stereocenters. The second kappa shape index (κ2) is 3.64. The third-order valence-corrected chi connectivity index (χ3v) is 4.31. The Bertz CT molecular complexity index is 332. The molecule has 2 heterocycles. The van der Waals surface area contributed by atoms with Crippen LogP contribution in [0, 0.1) is 5.92 Å². The molecule has 2 aliphatic heterocycles. The normalized spacial score (nSPS) is 39.3. The fourth-order valence-electron chi connectivity index (χ4n) is 3.39. The summed E-state index contributed by atoms with van der Waals surface area (Å²) in [6.45, 7) is 2.41. The van der Waals surface area contributed by atoms with E-state index in [1.165, 1.54) is 19.3 Å². The van der Waals surface area contributed by atoms with Crippen LogP contribution in [-0.4, -0.2) is 12.1 Å². The van der Waals surface area contributed by atoms with E-state index in [9.17, 15) is 0 Å². The highest BCUT2D eigenvalue weighted by molar-refractivity contribution is 5.22. The molecule has 3 rings (SSSR count). The Morgan fingerprint density at radius 2 is 1.93 bits per heavy atom. The van der Waals surface area contributed by atoms with Gasteiger partial charge in [0.05, 0.1) is 0 Å². The van der Waals surface area contributed by atoms with Crippen molar-refractivity contribution in [2.75, 3.05) is 0 Å². The molecule has 0 spiro atoms. The van der Waals surface area contributed by atoms with E-state index in [2.05, 4.69) is 42.6 Å². The fourth-order valence-corrected chi connectivity index (χ4v) is 3.39.